The molecule has 1 aliphatic rings. The highest BCUT2D eigenvalue weighted by atomic mass is 35.5. The predicted octanol–water partition coefficient (Wildman–Crippen LogP) is 4.48. The highest BCUT2D eigenvalue weighted by molar-refractivity contribution is 7.92. The lowest BCUT2D eigenvalue weighted by atomic mass is 10.1. The molecule has 36 heavy (non-hydrogen) atoms. The maximum atomic E-state index is 13.1. The van der Waals surface area contributed by atoms with Gasteiger partial charge in [-0.15, -0.1) is 0 Å². The molecule has 0 spiro atoms. The minimum atomic E-state index is -4.08. The van der Waals surface area contributed by atoms with Gasteiger partial charge in [0.25, 0.3) is 21.8 Å². The fourth-order valence-electron chi connectivity index (χ4n) is 3.81. The Morgan fingerprint density at radius 2 is 1.67 bits per heavy atom. The summed E-state index contributed by atoms with van der Waals surface area (Å²) < 4.78 is 34.2. The number of rotatable bonds is 6. The molecule has 0 radical (unpaired) electrons. The second-order valence-electron chi connectivity index (χ2n) is 8.47. The van der Waals surface area contributed by atoms with Crippen LogP contribution < -0.4 is 10.0 Å². The number of hydrogen-bond acceptors (Lipinski definition) is 5. The van der Waals surface area contributed by atoms with Gasteiger partial charge in [0.1, 0.15) is 4.90 Å². The average Bonchev–Trinajstić information content (AvgIpc) is 2.86. The van der Waals surface area contributed by atoms with E-state index < -0.39 is 15.9 Å². The van der Waals surface area contributed by atoms with Gasteiger partial charge < -0.3 is 15.0 Å². The van der Waals surface area contributed by atoms with Crippen LogP contribution in [0.15, 0.2) is 65.6 Å². The normalized spacial score (nSPS) is 13.8. The van der Waals surface area contributed by atoms with Crippen molar-refractivity contribution in [2.75, 3.05) is 36.3 Å². The predicted molar refractivity (Wildman–Crippen MR) is 139 cm³/mol. The number of carbonyl (C=O) groups excluding carboxylic acids is 2. The molecule has 10 heteroatoms. The summed E-state index contributed by atoms with van der Waals surface area (Å²) >= 11 is 6.22. The summed E-state index contributed by atoms with van der Waals surface area (Å²) in [5, 5.41) is 2.71. The van der Waals surface area contributed by atoms with E-state index >= 15 is 0 Å². The van der Waals surface area contributed by atoms with E-state index in [2.05, 4.69) is 10.0 Å². The summed E-state index contributed by atoms with van der Waals surface area (Å²) in [7, 11) is -4.08. The van der Waals surface area contributed by atoms with E-state index in [1.165, 1.54) is 18.2 Å². The van der Waals surface area contributed by atoms with Crippen LogP contribution in [0.1, 0.15) is 31.8 Å². The quantitative estimate of drug-likeness (QED) is 0.491. The number of sulfonamides is 1. The van der Waals surface area contributed by atoms with E-state index in [0.29, 0.717) is 43.2 Å². The number of ether oxygens (including phenoxy) is 1. The number of nitrogens with one attached hydrogen (secondary N) is 2. The largest absolute Gasteiger partial charge is 0.378 e. The Labute approximate surface area is 215 Å². The van der Waals surface area contributed by atoms with Gasteiger partial charge in [-0.25, -0.2) is 8.42 Å². The highest BCUT2D eigenvalue weighted by Crippen LogP contribution is 2.27. The molecule has 0 saturated carbocycles. The van der Waals surface area contributed by atoms with Crippen molar-refractivity contribution >= 4 is 44.8 Å². The Morgan fingerprint density at radius 1 is 0.944 bits per heavy atom. The first kappa shape index (κ1) is 25.7. The molecule has 188 valence electrons. The van der Waals surface area contributed by atoms with E-state index in [1.807, 2.05) is 19.1 Å². The van der Waals surface area contributed by atoms with Crippen LogP contribution in [0.2, 0.25) is 5.02 Å². The molecule has 0 atom stereocenters. The molecule has 0 unspecified atom stereocenters. The zero-order valence-corrected chi connectivity index (χ0v) is 21.4. The van der Waals surface area contributed by atoms with Gasteiger partial charge in [0.2, 0.25) is 0 Å². The van der Waals surface area contributed by atoms with Crippen LogP contribution in [0.5, 0.6) is 0 Å². The second-order valence-corrected chi connectivity index (χ2v) is 10.5. The molecule has 1 saturated heterocycles. The van der Waals surface area contributed by atoms with Gasteiger partial charge in [-0.05, 0) is 61.4 Å². The van der Waals surface area contributed by atoms with Crippen molar-refractivity contribution in [3.05, 3.63) is 87.9 Å². The lowest BCUT2D eigenvalue weighted by Gasteiger charge is -2.27. The Balaban J connectivity index is 1.59. The van der Waals surface area contributed by atoms with Crippen molar-refractivity contribution in [3.8, 4) is 0 Å². The topological polar surface area (TPSA) is 105 Å². The fraction of sp³-hybridized carbons (Fsp3) is 0.231. The van der Waals surface area contributed by atoms with Crippen LogP contribution in [0, 0.1) is 13.8 Å². The van der Waals surface area contributed by atoms with Crippen LogP contribution in [0.4, 0.5) is 11.4 Å². The summed E-state index contributed by atoms with van der Waals surface area (Å²) in [6.07, 6.45) is 0. The Morgan fingerprint density at radius 3 is 2.42 bits per heavy atom. The second kappa shape index (κ2) is 10.7. The number of morpholine rings is 1. The third-order valence-corrected chi connectivity index (χ3v) is 7.67. The number of hydrogen-bond donors (Lipinski definition) is 2. The molecule has 0 aliphatic carbocycles. The van der Waals surface area contributed by atoms with Gasteiger partial charge in [-0.1, -0.05) is 35.9 Å². The molecule has 8 nitrogen and oxygen atoms in total. The SMILES string of the molecule is Cc1ccc(C)c(NS(=O)(=O)c2cc(C(=O)Nc3ccccc3C(=O)N3CCOCC3)ccc2Cl)c1. The van der Waals surface area contributed by atoms with Crippen LogP contribution >= 0.6 is 11.6 Å². The maximum Gasteiger partial charge on any atom is 0.263 e. The number of halogens is 1. The molecule has 4 rings (SSSR count). The van der Waals surface area contributed by atoms with Crippen LogP contribution in [0.25, 0.3) is 0 Å². The van der Waals surface area contributed by atoms with Gasteiger partial charge in [0.15, 0.2) is 0 Å². The minimum absolute atomic E-state index is 0.0211. The zero-order chi connectivity index (χ0) is 25.9. The molecule has 0 bridgehead atoms. The van der Waals surface area contributed by atoms with Gasteiger partial charge in [-0.3, -0.25) is 14.3 Å². The molecule has 1 fully saturated rings. The van der Waals surface area contributed by atoms with Crippen LogP contribution in [-0.4, -0.2) is 51.4 Å². The van der Waals surface area contributed by atoms with Crippen LogP contribution in [0.3, 0.4) is 0 Å². The number of para-hydroxylation sites is 1. The van der Waals surface area contributed by atoms with E-state index in [9.17, 15) is 18.0 Å². The van der Waals surface area contributed by atoms with E-state index in [1.54, 1.807) is 42.2 Å². The summed E-state index contributed by atoms with van der Waals surface area (Å²) in [4.78, 5) is 27.5. The lowest BCUT2D eigenvalue weighted by molar-refractivity contribution is 0.0303. The highest BCUT2D eigenvalue weighted by Gasteiger charge is 2.24. The van der Waals surface area contributed by atoms with Crippen molar-refractivity contribution in [1.29, 1.82) is 0 Å². The van der Waals surface area contributed by atoms with Crippen molar-refractivity contribution in [2.45, 2.75) is 18.7 Å². The molecule has 1 aliphatic heterocycles. The Hall–Kier alpha value is -3.40. The third kappa shape index (κ3) is 5.70. The minimum Gasteiger partial charge on any atom is -0.378 e. The maximum absolute atomic E-state index is 13.1. The van der Waals surface area contributed by atoms with Gasteiger partial charge >= 0.3 is 0 Å². The molecular weight excluding hydrogens is 502 g/mol. The van der Waals surface area contributed by atoms with Crippen molar-refractivity contribution in [2.24, 2.45) is 0 Å². The van der Waals surface area contributed by atoms with Gasteiger partial charge in [0, 0.05) is 18.7 Å². The van der Waals surface area contributed by atoms with Crippen molar-refractivity contribution in [3.63, 3.8) is 0 Å². The molecule has 0 aromatic heterocycles. The summed E-state index contributed by atoms with van der Waals surface area (Å²) in [6.45, 7) is 5.49. The summed E-state index contributed by atoms with van der Waals surface area (Å²) in [5.74, 6) is -0.789. The first-order valence-corrected chi connectivity index (χ1v) is 13.2. The summed E-state index contributed by atoms with van der Waals surface area (Å²) in [5.41, 5.74) is 2.81. The standard InChI is InChI=1S/C26H26ClN3O5S/c1-17-7-8-18(2)23(15-17)29-36(33,34)24-16-19(9-10-21(24)27)25(31)28-22-6-4-3-5-20(22)26(32)30-11-13-35-14-12-30/h3-10,15-16,29H,11-14H2,1-2H3,(H,28,31). The molecule has 1 heterocycles. The van der Waals surface area contributed by atoms with Gasteiger partial charge in [0.05, 0.1) is 35.2 Å². The fourth-order valence-corrected chi connectivity index (χ4v) is 5.45. The molecule has 2 N–H and O–H groups in total. The first-order valence-electron chi connectivity index (χ1n) is 11.3. The zero-order valence-electron chi connectivity index (χ0n) is 19.9. The monoisotopic (exact) mass is 527 g/mol. The number of aryl methyl sites for hydroxylation is 2. The Kier molecular flexibility index (Phi) is 7.63. The van der Waals surface area contributed by atoms with Crippen molar-refractivity contribution < 1.29 is 22.7 Å². The molecule has 3 aromatic carbocycles. The van der Waals surface area contributed by atoms with E-state index in [-0.39, 0.29) is 21.4 Å². The molecule has 2 amide bonds. The Bertz CT molecular complexity index is 1420. The van der Waals surface area contributed by atoms with Crippen molar-refractivity contribution in [1.82, 2.24) is 4.90 Å². The molecule has 3 aromatic rings. The smallest absolute Gasteiger partial charge is 0.263 e. The molecular formula is C26H26ClN3O5S. The number of benzene rings is 3. The lowest BCUT2D eigenvalue weighted by Crippen LogP contribution is -2.41. The van der Waals surface area contributed by atoms with Crippen LogP contribution in [-0.2, 0) is 14.8 Å². The number of amides is 2. The number of carbonyl (C=O) groups is 2. The third-order valence-electron chi connectivity index (χ3n) is 5.82. The average molecular weight is 528 g/mol. The van der Waals surface area contributed by atoms with E-state index in [0.717, 1.165) is 11.1 Å². The number of nitrogens with zero attached hydrogens (tertiary/aromatic N) is 1. The first-order chi connectivity index (χ1) is 17.2. The summed E-state index contributed by atoms with van der Waals surface area (Å²) in [6, 6.07) is 16.1. The number of anilines is 2. The van der Waals surface area contributed by atoms with Gasteiger partial charge in [-0.2, -0.15) is 0 Å². The van der Waals surface area contributed by atoms with E-state index in [4.69, 9.17) is 16.3 Å².